The first-order valence-electron chi connectivity index (χ1n) is 8.25. The standard InChI is InChI=1S/C21H14F2N2O2/c22-14-6-13(7-15(23)9-14)17-4-5-25-19-11-24-10-18(20(17)19)21(27)12-2-1-3-16(26)8-12/h1-10,24,26H,11H2. The second kappa shape index (κ2) is 6.64. The Kier molecular flexibility index (Phi) is 4.16. The second-order valence-electron chi connectivity index (χ2n) is 6.16. The number of pyridine rings is 1. The van der Waals surface area contributed by atoms with E-state index in [4.69, 9.17) is 0 Å². The van der Waals surface area contributed by atoms with Crippen molar-refractivity contribution in [3.8, 4) is 16.9 Å². The van der Waals surface area contributed by atoms with Crippen LogP contribution in [0.5, 0.6) is 5.75 Å². The highest BCUT2D eigenvalue weighted by Crippen LogP contribution is 2.35. The van der Waals surface area contributed by atoms with E-state index in [2.05, 4.69) is 10.3 Å². The summed E-state index contributed by atoms with van der Waals surface area (Å²) in [6.07, 6.45) is 3.11. The van der Waals surface area contributed by atoms with Crippen LogP contribution in [0.4, 0.5) is 8.78 Å². The summed E-state index contributed by atoms with van der Waals surface area (Å²) in [5, 5.41) is 12.7. The number of hydrogen-bond donors (Lipinski definition) is 2. The Morgan fingerprint density at radius 1 is 1.07 bits per heavy atom. The maximum Gasteiger partial charge on any atom is 0.195 e. The normalized spacial score (nSPS) is 12.7. The summed E-state index contributed by atoms with van der Waals surface area (Å²) in [4.78, 5) is 17.3. The predicted molar refractivity (Wildman–Crippen MR) is 96.8 cm³/mol. The van der Waals surface area contributed by atoms with Crippen molar-refractivity contribution in [2.24, 2.45) is 0 Å². The number of Topliss-reactive ketones (excluding diaryl/α,β-unsaturated/α-hetero) is 1. The van der Waals surface area contributed by atoms with E-state index < -0.39 is 11.6 Å². The van der Waals surface area contributed by atoms with E-state index in [1.807, 2.05) is 0 Å². The zero-order valence-corrected chi connectivity index (χ0v) is 14.0. The summed E-state index contributed by atoms with van der Waals surface area (Å²) in [6, 6.07) is 10.9. The number of ketones is 1. The van der Waals surface area contributed by atoms with Gasteiger partial charge in [0.25, 0.3) is 0 Å². The van der Waals surface area contributed by atoms with Crippen LogP contribution in [0.25, 0.3) is 16.7 Å². The third kappa shape index (κ3) is 3.17. The van der Waals surface area contributed by atoms with E-state index in [0.29, 0.717) is 40.1 Å². The lowest BCUT2D eigenvalue weighted by Crippen LogP contribution is -2.20. The average Bonchev–Trinajstić information content (AvgIpc) is 2.65. The number of hydrogen-bond acceptors (Lipinski definition) is 4. The lowest BCUT2D eigenvalue weighted by molar-refractivity contribution is 0.105. The lowest BCUT2D eigenvalue weighted by atomic mass is 9.88. The van der Waals surface area contributed by atoms with Crippen LogP contribution in [0.3, 0.4) is 0 Å². The van der Waals surface area contributed by atoms with E-state index >= 15 is 0 Å². The Morgan fingerprint density at radius 3 is 2.59 bits per heavy atom. The minimum absolute atomic E-state index is 0.0240. The SMILES string of the molecule is O=C(C1=CNCc2nccc(-c3cc(F)cc(F)c3)c21)c1cccc(O)c1. The number of nitrogens with one attached hydrogen (secondary N) is 1. The maximum absolute atomic E-state index is 13.7. The molecule has 2 aromatic carbocycles. The van der Waals surface area contributed by atoms with Crippen LogP contribution < -0.4 is 5.32 Å². The third-order valence-corrected chi connectivity index (χ3v) is 4.34. The number of phenolic OH excluding ortho intramolecular Hbond substituents is 1. The van der Waals surface area contributed by atoms with Crippen LogP contribution >= 0.6 is 0 Å². The minimum Gasteiger partial charge on any atom is -0.508 e. The molecule has 1 aliphatic rings. The number of carbonyl (C=O) groups excluding carboxylic acids is 1. The largest absolute Gasteiger partial charge is 0.508 e. The zero-order chi connectivity index (χ0) is 19.0. The van der Waals surface area contributed by atoms with Crippen molar-refractivity contribution in [2.75, 3.05) is 0 Å². The molecule has 0 bridgehead atoms. The Bertz CT molecular complexity index is 1070. The highest BCUT2D eigenvalue weighted by molar-refractivity contribution is 6.30. The van der Waals surface area contributed by atoms with Crippen molar-refractivity contribution >= 4 is 11.4 Å². The number of fused-ring (bicyclic) bond motifs is 1. The summed E-state index contributed by atoms with van der Waals surface area (Å²) >= 11 is 0. The van der Waals surface area contributed by atoms with Gasteiger partial charge < -0.3 is 10.4 Å². The van der Waals surface area contributed by atoms with Gasteiger partial charge in [0.2, 0.25) is 0 Å². The van der Waals surface area contributed by atoms with E-state index in [1.54, 1.807) is 30.6 Å². The van der Waals surface area contributed by atoms with Crippen LogP contribution in [0.2, 0.25) is 0 Å². The summed E-state index contributed by atoms with van der Waals surface area (Å²) < 4.78 is 27.5. The quantitative estimate of drug-likeness (QED) is 0.688. The van der Waals surface area contributed by atoms with Gasteiger partial charge in [0.05, 0.1) is 12.2 Å². The molecule has 3 aromatic rings. The van der Waals surface area contributed by atoms with Gasteiger partial charge in [-0.15, -0.1) is 0 Å². The fraction of sp³-hybridized carbons (Fsp3) is 0.0476. The van der Waals surface area contributed by atoms with Gasteiger partial charge in [0.15, 0.2) is 5.78 Å². The van der Waals surface area contributed by atoms with Crippen LogP contribution in [-0.4, -0.2) is 15.9 Å². The molecule has 1 aromatic heterocycles. The van der Waals surface area contributed by atoms with Crippen molar-refractivity contribution < 1.29 is 18.7 Å². The molecule has 0 saturated carbocycles. The van der Waals surface area contributed by atoms with Gasteiger partial charge in [-0.1, -0.05) is 12.1 Å². The van der Waals surface area contributed by atoms with Crippen LogP contribution in [0.1, 0.15) is 21.6 Å². The summed E-state index contributed by atoms with van der Waals surface area (Å²) in [5.41, 5.74) is 2.57. The van der Waals surface area contributed by atoms with E-state index in [1.165, 1.54) is 24.3 Å². The van der Waals surface area contributed by atoms with E-state index in [0.717, 1.165) is 6.07 Å². The molecule has 0 amide bonds. The number of benzene rings is 2. The van der Waals surface area contributed by atoms with Gasteiger partial charge in [0, 0.05) is 35.2 Å². The number of aromatic nitrogens is 1. The Hall–Kier alpha value is -3.54. The second-order valence-corrected chi connectivity index (χ2v) is 6.16. The zero-order valence-electron chi connectivity index (χ0n) is 14.0. The lowest BCUT2D eigenvalue weighted by Gasteiger charge is -2.21. The molecular formula is C21H14F2N2O2. The van der Waals surface area contributed by atoms with E-state index in [9.17, 15) is 18.7 Å². The Balaban J connectivity index is 1.88. The van der Waals surface area contributed by atoms with Gasteiger partial charge in [0.1, 0.15) is 17.4 Å². The first kappa shape index (κ1) is 16.9. The number of aromatic hydroxyl groups is 1. The number of nitrogens with zero attached hydrogens (tertiary/aromatic N) is 1. The van der Waals surface area contributed by atoms with Crippen molar-refractivity contribution in [3.05, 3.63) is 89.4 Å². The molecule has 4 rings (SSSR count). The molecular weight excluding hydrogens is 350 g/mol. The van der Waals surface area contributed by atoms with Crippen LogP contribution in [-0.2, 0) is 6.54 Å². The molecule has 27 heavy (non-hydrogen) atoms. The fourth-order valence-electron chi connectivity index (χ4n) is 3.19. The molecule has 0 atom stereocenters. The van der Waals surface area contributed by atoms with Crippen molar-refractivity contribution in [1.82, 2.24) is 10.3 Å². The molecule has 4 nitrogen and oxygen atoms in total. The first-order chi connectivity index (χ1) is 13.0. The monoisotopic (exact) mass is 364 g/mol. The Labute approximate surface area is 153 Å². The van der Waals surface area contributed by atoms with Gasteiger partial charge in [-0.3, -0.25) is 9.78 Å². The number of rotatable bonds is 3. The van der Waals surface area contributed by atoms with E-state index in [-0.39, 0.29) is 11.5 Å². The number of halogens is 2. The highest BCUT2D eigenvalue weighted by Gasteiger charge is 2.25. The minimum atomic E-state index is -0.700. The third-order valence-electron chi connectivity index (χ3n) is 4.34. The molecule has 0 radical (unpaired) electrons. The molecule has 134 valence electrons. The van der Waals surface area contributed by atoms with Gasteiger partial charge >= 0.3 is 0 Å². The number of carbonyl (C=O) groups is 1. The number of allylic oxidation sites excluding steroid dienone is 1. The average molecular weight is 364 g/mol. The van der Waals surface area contributed by atoms with Crippen molar-refractivity contribution in [1.29, 1.82) is 0 Å². The summed E-state index contributed by atoms with van der Waals surface area (Å²) in [7, 11) is 0. The molecule has 2 heterocycles. The molecule has 0 unspecified atom stereocenters. The predicted octanol–water partition coefficient (Wildman–Crippen LogP) is 4.06. The summed E-state index contributed by atoms with van der Waals surface area (Å²) in [5.74, 6) is -1.75. The van der Waals surface area contributed by atoms with Crippen LogP contribution in [0.15, 0.2) is 60.9 Å². The molecule has 0 aliphatic carbocycles. The fourth-order valence-corrected chi connectivity index (χ4v) is 3.19. The molecule has 1 aliphatic heterocycles. The molecule has 0 spiro atoms. The number of phenols is 1. The molecule has 2 N–H and O–H groups in total. The van der Waals surface area contributed by atoms with Gasteiger partial charge in [-0.25, -0.2) is 8.78 Å². The van der Waals surface area contributed by atoms with Crippen molar-refractivity contribution in [2.45, 2.75) is 6.54 Å². The Morgan fingerprint density at radius 2 is 1.85 bits per heavy atom. The summed E-state index contributed by atoms with van der Waals surface area (Å²) in [6.45, 7) is 0.387. The highest BCUT2D eigenvalue weighted by atomic mass is 19.1. The molecule has 0 saturated heterocycles. The topological polar surface area (TPSA) is 62.2 Å². The molecule has 6 heteroatoms. The van der Waals surface area contributed by atoms with Gasteiger partial charge in [-0.2, -0.15) is 0 Å². The molecule has 0 fully saturated rings. The van der Waals surface area contributed by atoms with Crippen LogP contribution in [0, 0.1) is 11.6 Å². The maximum atomic E-state index is 13.7. The first-order valence-corrected chi connectivity index (χ1v) is 8.25. The van der Waals surface area contributed by atoms with Gasteiger partial charge in [-0.05, 0) is 41.5 Å². The van der Waals surface area contributed by atoms with Crippen molar-refractivity contribution in [3.63, 3.8) is 0 Å². The smallest absolute Gasteiger partial charge is 0.195 e.